The van der Waals surface area contributed by atoms with Crippen molar-refractivity contribution in [2.24, 2.45) is 0 Å². The molecule has 14 heavy (non-hydrogen) atoms. The molecule has 1 heterocycles. The highest BCUT2D eigenvalue weighted by atomic mass is 15.2. The molecule has 0 aromatic heterocycles. The van der Waals surface area contributed by atoms with E-state index in [4.69, 9.17) is 0 Å². The highest BCUT2D eigenvalue weighted by Crippen LogP contribution is 2.29. The molecular formula is C12H26N2. The molecular weight excluding hydrogens is 172 g/mol. The largest absolute Gasteiger partial charge is 0.315 e. The van der Waals surface area contributed by atoms with Gasteiger partial charge in [0.1, 0.15) is 0 Å². The van der Waals surface area contributed by atoms with Gasteiger partial charge in [0.2, 0.25) is 0 Å². The van der Waals surface area contributed by atoms with E-state index in [9.17, 15) is 0 Å². The van der Waals surface area contributed by atoms with Crippen molar-refractivity contribution in [2.45, 2.75) is 58.5 Å². The Morgan fingerprint density at radius 1 is 1.43 bits per heavy atom. The first-order valence-corrected chi connectivity index (χ1v) is 6.05. The molecule has 0 aromatic carbocycles. The van der Waals surface area contributed by atoms with Gasteiger partial charge >= 0.3 is 0 Å². The van der Waals surface area contributed by atoms with Gasteiger partial charge in [-0.15, -0.1) is 0 Å². The van der Waals surface area contributed by atoms with Crippen LogP contribution in [-0.2, 0) is 0 Å². The van der Waals surface area contributed by atoms with Crippen molar-refractivity contribution in [3.05, 3.63) is 0 Å². The van der Waals surface area contributed by atoms with Gasteiger partial charge in [0.25, 0.3) is 0 Å². The van der Waals surface area contributed by atoms with Gasteiger partial charge in [0.15, 0.2) is 0 Å². The van der Waals surface area contributed by atoms with Crippen LogP contribution in [0.5, 0.6) is 0 Å². The van der Waals surface area contributed by atoms with E-state index in [0.717, 1.165) is 13.1 Å². The quantitative estimate of drug-likeness (QED) is 0.682. The third-order valence-electron chi connectivity index (χ3n) is 3.36. The van der Waals surface area contributed by atoms with Gasteiger partial charge < -0.3 is 5.32 Å². The Bertz CT molecular complexity index is 166. The van der Waals surface area contributed by atoms with Crippen molar-refractivity contribution in [3.63, 3.8) is 0 Å². The van der Waals surface area contributed by atoms with Gasteiger partial charge in [-0.25, -0.2) is 0 Å². The molecule has 1 atom stereocenters. The molecule has 0 aliphatic carbocycles. The first-order chi connectivity index (χ1) is 6.58. The molecule has 0 radical (unpaired) electrons. The van der Waals surface area contributed by atoms with Crippen LogP contribution in [0.1, 0.15) is 47.0 Å². The molecule has 2 heteroatoms. The summed E-state index contributed by atoms with van der Waals surface area (Å²) in [7, 11) is 0. The topological polar surface area (TPSA) is 15.3 Å². The van der Waals surface area contributed by atoms with Crippen LogP contribution in [0.2, 0.25) is 0 Å². The maximum Gasteiger partial charge on any atom is 0.0197 e. The van der Waals surface area contributed by atoms with Gasteiger partial charge in [0.05, 0.1) is 0 Å². The molecule has 1 unspecified atom stereocenters. The summed E-state index contributed by atoms with van der Waals surface area (Å²) in [5.74, 6) is 0. The standard InChI is InChI=1S/C12H26N2/c1-5-8-13-10-11(2)14-9-6-7-12(14,3)4/h11,13H,5-10H2,1-4H3. The fourth-order valence-electron chi connectivity index (χ4n) is 2.54. The predicted molar refractivity (Wildman–Crippen MR) is 62.6 cm³/mol. The lowest BCUT2D eigenvalue weighted by Gasteiger charge is -2.36. The monoisotopic (exact) mass is 198 g/mol. The molecule has 1 saturated heterocycles. The molecule has 1 N–H and O–H groups in total. The van der Waals surface area contributed by atoms with Crippen molar-refractivity contribution in [1.29, 1.82) is 0 Å². The zero-order valence-electron chi connectivity index (χ0n) is 10.3. The number of hydrogen-bond donors (Lipinski definition) is 1. The maximum atomic E-state index is 3.51. The van der Waals surface area contributed by atoms with Crippen molar-refractivity contribution in [2.75, 3.05) is 19.6 Å². The van der Waals surface area contributed by atoms with Crippen molar-refractivity contribution >= 4 is 0 Å². The third-order valence-corrected chi connectivity index (χ3v) is 3.36. The van der Waals surface area contributed by atoms with Crippen LogP contribution < -0.4 is 5.32 Å². The van der Waals surface area contributed by atoms with Crippen molar-refractivity contribution < 1.29 is 0 Å². The summed E-state index contributed by atoms with van der Waals surface area (Å²) < 4.78 is 0. The second-order valence-corrected chi connectivity index (χ2v) is 5.16. The lowest BCUT2D eigenvalue weighted by atomic mass is 10.0. The molecule has 1 aliphatic heterocycles. The highest BCUT2D eigenvalue weighted by molar-refractivity contribution is 4.91. The summed E-state index contributed by atoms with van der Waals surface area (Å²) in [4.78, 5) is 2.65. The summed E-state index contributed by atoms with van der Waals surface area (Å²) in [6, 6.07) is 0.680. The number of rotatable bonds is 5. The van der Waals surface area contributed by atoms with E-state index < -0.39 is 0 Å². The lowest BCUT2D eigenvalue weighted by Crippen LogP contribution is -2.48. The van der Waals surface area contributed by atoms with E-state index in [2.05, 4.69) is 37.9 Å². The first-order valence-electron chi connectivity index (χ1n) is 6.05. The second-order valence-electron chi connectivity index (χ2n) is 5.16. The second kappa shape index (κ2) is 5.13. The van der Waals surface area contributed by atoms with E-state index in [1.807, 2.05) is 0 Å². The minimum Gasteiger partial charge on any atom is -0.315 e. The van der Waals surface area contributed by atoms with Gasteiger partial charge in [-0.2, -0.15) is 0 Å². The Morgan fingerprint density at radius 2 is 2.14 bits per heavy atom. The normalized spacial score (nSPS) is 24.0. The van der Waals surface area contributed by atoms with Crippen molar-refractivity contribution in [3.8, 4) is 0 Å². The third kappa shape index (κ3) is 2.96. The van der Waals surface area contributed by atoms with E-state index in [-0.39, 0.29) is 0 Å². The van der Waals surface area contributed by atoms with Crippen LogP contribution in [0.3, 0.4) is 0 Å². The van der Waals surface area contributed by atoms with Gasteiger partial charge in [0, 0.05) is 18.1 Å². The molecule has 0 amide bonds. The van der Waals surface area contributed by atoms with Crippen molar-refractivity contribution in [1.82, 2.24) is 10.2 Å². The molecule has 2 nitrogen and oxygen atoms in total. The minimum atomic E-state index is 0.424. The van der Waals surface area contributed by atoms with Crippen LogP contribution in [-0.4, -0.2) is 36.1 Å². The van der Waals surface area contributed by atoms with Crippen LogP contribution in [0.4, 0.5) is 0 Å². The van der Waals surface area contributed by atoms with Gasteiger partial charge in [-0.05, 0) is 53.1 Å². The fraction of sp³-hybridized carbons (Fsp3) is 1.00. The molecule has 1 aliphatic rings. The number of nitrogens with zero attached hydrogens (tertiary/aromatic N) is 1. The van der Waals surface area contributed by atoms with Crippen LogP contribution in [0.25, 0.3) is 0 Å². The number of hydrogen-bond acceptors (Lipinski definition) is 2. The average molecular weight is 198 g/mol. The summed E-state index contributed by atoms with van der Waals surface area (Å²) in [6.45, 7) is 12.9. The van der Waals surface area contributed by atoms with Crippen LogP contribution >= 0.6 is 0 Å². The summed E-state index contributed by atoms with van der Waals surface area (Å²) in [5.41, 5.74) is 0.424. The molecule has 1 fully saturated rings. The Kier molecular flexibility index (Phi) is 4.39. The summed E-state index contributed by atoms with van der Waals surface area (Å²) >= 11 is 0. The molecule has 0 saturated carbocycles. The van der Waals surface area contributed by atoms with E-state index in [1.54, 1.807) is 0 Å². The Hall–Kier alpha value is -0.0800. The maximum absolute atomic E-state index is 3.51. The van der Waals surface area contributed by atoms with Crippen LogP contribution in [0, 0.1) is 0 Å². The predicted octanol–water partition coefficient (Wildman–Crippen LogP) is 2.25. The average Bonchev–Trinajstić information content (AvgIpc) is 2.45. The van der Waals surface area contributed by atoms with Crippen LogP contribution in [0.15, 0.2) is 0 Å². The number of likely N-dealkylation sites (tertiary alicyclic amines) is 1. The molecule has 0 bridgehead atoms. The van der Waals surface area contributed by atoms with E-state index in [0.29, 0.717) is 11.6 Å². The summed E-state index contributed by atoms with van der Waals surface area (Å²) in [5, 5.41) is 3.51. The zero-order chi connectivity index (χ0) is 10.6. The van der Waals surface area contributed by atoms with Gasteiger partial charge in [-0.1, -0.05) is 6.92 Å². The Balaban J connectivity index is 2.32. The zero-order valence-corrected chi connectivity index (χ0v) is 10.3. The molecule has 0 aromatic rings. The Morgan fingerprint density at radius 3 is 2.64 bits per heavy atom. The van der Waals surface area contributed by atoms with E-state index >= 15 is 0 Å². The smallest absolute Gasteiger partial charge is 0.0197 e. The van der Waals surface area contributed by atoms with Gasteiger partial charge in [-0.3, -0.25) is 4.90 Å². The highest BCUT2D eigenvalue weighted by Gasteiger charge is 2.34. The molecule has 1 rings (SSSR count). The SMILES string of the molecule is CCCNCC(C)N1CCCC1(C)C. The first kappa shape index (κ1) is 12.0. The molecule has 84 valence electrons. The lowest BCUT2D eigenvalue weighted by molar-refractivity contribution is 0.123. The summed E-state index contributed by atoms with van der Waals surface area (Å²) in [6.07, 6.45) is 3.95. The number of nitrogens with one attached hydrogen (secondary N) is 1. The fourth-order valence-corrected chi connectivity index (χ4v) is 2.54. The molecule has 0 spiro atoms. The minimum absolute atomic E-state index is 0.424. The van der Waals surface area contributed by atoms with E-state index in [1.165, 1.54) is 25.8 Å². The Labute approximate surface area is 89.1 Å².